The van der Waals surface area contributed by atoms with Crippen molar-refractivity contribution in [2.45, 2.75) is 17.4 Å². The second-order valence-corrected chi connectivity index (χ2v) is 6.39. The first-order valence-electron chi connectivity index (χ1n) is 7.50. The van der Waals surface area contributed by atoms with Gasteiger partial charge < -0.3 is 10.1 Å². The molecule has 0 aliphatic carbocycles. The van der Waals surface area contributed by atoms with Gasteiger partial charge in [0.2, 0.25) is 6.04 Å². The number of hydrogen-bond donors (Lipinski definition) is 2. The van der Waals surface area contributed by atoms with Crippen LogP contribution in [0.25, 0.3) is 10.9 Å². The fourth-order valence-electron chi connectivity index (χ4n) is 2.57. The van der Waals surface area contributed by atoms with E-state index in [0.29, 0.717) is 9.31 Å². The second-order valence-electron chi connectivity index (χ2n) is 5.36. The summed E-state index contributed by atoms with van der Waals surface area (Å²) in [5, 5.41) is 21.2. The van der Waals surface area contributed by atoms with Gasteiger partial charge >= 0.3 is 5.97 Å². The van der Waals surface area contributed by atoms with E-state index in [9.17, 15) is 20.0 Å². The van der Waals surface area contributed by atoms with Crippen LogP contribution in [0.2, 0.25) is 0 Å². The number of H-pyrrole nitrogens is 1. The smallest absolute Gasteiger partial charge is 0.333 e. The minimum Gasteiger partial charge on any atom is -0.480 e. The molecule has 1 heterocycles. The summed E-state index contributed by atoms with van der Waals surface area (Å²) in [5.74, 6) is -1.24. The third kappa shape index (κ3) is 3.74. The zero-order valence-corrected chi connectivity index (χ0v) is 13.8. The van der Waals surface area contributed by atoms with Crippen molar-refractivity contribution in [3.8, 4) is 0 Å². The molecule has 25 heavy (non-hydrogen) atoms. The van der Waals surface area contributed by atoms with Crippen molar-refractivity contribution in [1.82, 2.24) is 9.40 Å². The zero-order valence-electron chi connectivity index (χ0n) is 13.0. The van der Waals surface area contributed by atoms with Crippen molar-refractivity contribution in [1.29, 1.82) is 0 Å². The number of nitrogens with one attached hydrogen (secondary N) is 1. The molecule has 1 atom stereocenters. The van der Waals surface area contributed by atoms with Crippen LogP contribution < -0.4 is 0 Å². The highest BCUT2D eigenvalue weighted by Gasteiger charge is 2.35. The molecule has 3 rings (SSSR count). The van der Waals surface area contributed by atoms with Crippen molar-refractivity contribution in [2.24, 2.45) is 0 Å². The summed E-state index contributed by atoms with van der Waals surface area (Å²) >= 11 is 0.804. The lowest BCUT2D eigenvalue weighted by molar-refractivity contribution is -0.622. The average Bonchev–Trinajstić information content (AvgIpc) is 3.01. The predicted octanol–water partition coefficient (Wildman–Crippen LogP) is 3.36. The molecule has 7 nitrogen and oxygen atoms in total. The van der Waals surface area contributed by atoms with E-state index in [4.69, 9.17) is 0 Å². The Morgan fingerprint density at radius 2 is 1.88 bits per heavy atom. The van der Waals surface area contributed by atoms with Gasteiger partial charge in [-0.3, -0.25) is 0 Å². The number of hydrogen-bond acceptors (Lipinski definition) is 4. The third-order valence-corrected chi connectivity index (χ3v) is 4.80. The first kappa shape index (κ1) is 16.8. The average molecular weight is 357 g/mol. The standard InChI is InChI=1S/C17H15N3O4S/c21-17(22)16(10-12-11-18-15-9-5-4-8-14(12)15)19(20(23)24)25-13-6-2-1-3-7-13/h1-9,11,16,18H,10H2,(H,21,22)/t16-/m0/s1. The summed E-state index contributed by atoms with van der Waals surface area (Å²) in [4.78, 5) is 26.9. The maximum absolute atomic E-state index is 11.7. The molecule has 0 saturated heterocycles. The van der Waals surface area contributed by atoms with Crippen LogP contribution in [0, 0.1) is 10.1 Å². The normalized spacial score (nSPS) is 12.0. The quantitative estimate of drug-likeness (QED) is 0.382. The molecule has 0 amide bonds. The lowest BCUT2D eigenvalue weighted by Crippen LogP contribution is -2.41. The molecule has 0 spiro atoms. The Morgan fingerprint density at radius 1 is 1.20 bits per heavy atom. The van der Waals surface area contributed by atoms with Crippen molar-refractivity contribution in [2.75, 3.05) is 0 Å². The van der Waals surface area contributed by atoms with E-state index in [1.165, 1.54) is 0 Å². The summed E-state index contributed by atoms with van der Waals surface area (Å²) < 4.78 is 0.694. The number of fused-ring (bicyclic) bond motifs is 1. The number of hydrazine groups is 1. The van der Waals surface area contributed by atoms with E-state index in [-0.39, 0.29) is 6.42 Å². The lowest BCUT2D eigenvalue weighted by Gasteiger charge is -2.19. The van der Waals surface area contributed by atoms with Gasteiger partial charge in [-0.25, -0.2) is 14.9 Å². The number of aromatic nitrogens is 1. The van der Waals surface area contributed by atoms with Crippen LogP contribution in [0.4, 0.5) is 0 Å². The number of aromatic amines is 1. The van der Waals surface area contributed by atoms with Gasteiger partial charge in [0.05, 0.1) is 11.9 Å². The number of nitrogens with zero attached hydrogens (tertiary/aromatic N) is 2. The van der Waals surface area contributed by atoms with Gasteiger partial charge in [0, 0.05) is 28.4 Å². The van der Waals surface area contributed by atoms with Crippen LogP contribution in [0.3, 0.4) is 0 Å². The number of nitro groups is 1. The Morgan fingerprint density at radius 3 is 2.56 bits per heavy atom. The Bertz CT molecular complexity index is 897. The van der Waals surface area contributed by atoms with Gasteiger partial charge in [-0.15, -0.1) is 0 Å². The van der Waals surface area contributed by atoms with E-state index in [0.717, 1.165) is 28.4 Å². The molecule has 2 N–H and O–H groups in total. The van der Waals surface area contributed by atoms with Gasteiger partial charge in [0.1, 0.15) is 0 Å². The summed E-state index contributed by atoms with van der Waals surface area (Å²) in [5.41, 5.74) is 1.59. The third-order valence-electron chi connectivity index (χ3n) is 3.74. The topological polar surface area (TPSA) is 99.5 Å². The van der Waals surface area contributed by atoms with Crippen molar-refractivity contribution < 1.29 is 14.9 Å². The summed E-state index contributed by atoms with van der Waals surface area (Å²) in [6.07, 6.45) is 1.71. The molecule has 0 fully saturated rings. The second kappa shape index (κ2) is 7.27. The molecular weight excluding hydrogens is 342 g/mol. The number of benzene rings is 2. The Hall–Kier alpha value is -3.00. The molecular formula is C17H15N3O4S. The first-order valence-corrected chi connectivity index (χ1v) is 8.28. The van der Waals surface area contributed by atoms with Gasteiger partial charge in [0.15, 0.2) is 5.03 Å². The zero-order chi connectivity index (χ0) is 17.8. The summed E-state index contributed by atoms with van der Waals surface area (Å²) in [6.45, 7) is 0. The molecule has 0 unspecified atom stereocenters. The molecule has 1 aromatic heterocycles. The molecule has 0 radical (unpaired) electrons. The van der Waals surface area contributed by atoms with Crippen LogP contribution in [0.15, 0.2) is 65.7 Å². The van der Waals surface area contributed by atoms with E-state index in [1.54, 1.807) is 36.5 Å². The summed E-state index contributed by atoms with van der Waals surface area (Å²) in [6, 6.07) is 14.8. The maximum Gasteiger partial charge on any atom is 0.333 e. The van der Waals surface area contributed by atoms with Gasteiger partial charge in [-0.2, -0.15) is 0 Å². The number of rotatable bonds is 7. The number of carbonyl (C=O) groups is 1. The van der Waals surface area contributed by atoms with Crippen molar-refractivity contribution >= 4 is 28.8 Å². The Labute approximate surface area is 147 Å². The first-order chi connectivity index (χ1) is 12.1. The highest BCUT2D eigenvalue weighted by Crippen LogP contribution is 2.28. The molecule has 0 saturated carbocycles. The number of carboxylic acid groups (broad SMARTS) is 1. The SMILES string of the molecule is O=C(O)[C@H](Cc1c[nH]c2ccccc12)N(Sc1ccccc1)[N+](=O)[O-]. The van der Waals surface area contributed by atoms with E-state index in [1.807, 2.05) is 24.3 Å². The highest BCUT2D eigenvalue weighted by atomic mass is 32.2. The van der Waals surface area contributed by atoms with Crippen LogP contribution in [0.5, 0.6) is 0 Å². The lowest BCUT2D eigenvalue weighted by atomic mass is 10.1. The van der Waals surface area contributed by atoms with Gasteiger partial charge in [-0.1, -0.05) is 36.4 Å². The molecule has 0 aliphatic heterocycles. The monoisotopic (exact) mass is 357 g/mol. The number of para-hydroxylation sites is 1. The molecule has 2 aromatic carbocycles. The minimum atomic E-state index is -1.31. The van der Waals surface area contributed by atoms with E-state index in [2.05, 4.69) is 4.98 Å². The van der Waals surface area contributed by atoms with Crippen LogP contribution in [-0.2, 0) is 11.2 Å². The van der Waals surface area contributed by atoms with Crippen LogP contribution in [-0.4, -0.2) is 31.5 Å². The number of aliphatic carboxylic acids is 1. The van der Waals surface area contributed by atoms with Gasteiger partial charge in [-0.05, 0) is 28.2 Å². The summed E-state index contributed by atoms with van der Waals surface area (Å²) in [7, 11) is 0. The van der Waals surface area contributed by atoms with E-state index >= 15 is 0 Å². The fourth-order valence-corrected chi connectivity index (χ4v) is 3.42. The van der Waals surface area contributed by atoms with Crippen molar-refractivity contribution in [3.63, 3.8) is 0 Å². The van der Waals surface area contributed by atoms with E-state index < -0.39 is 17.0 Å². The number of carboxylic acids is 1. The van der Waals surface area contributed by atoms with Crippen LogP contribution in [0.1, 0.15) is 5.56 Å². The maximum atomic E-state index is 11.7. The largest absolute Gasteiger partial charge is 0.480 e. The molecule has 128 valence electrons. The molecule has 8 heteroatoms. The predicted molar refractivity (Wildman–Crippen MR) is 94.6 cm³/mol. The molecule has 0 bridgehead atoms. The molecule has 3 aromatic rings. The molecule has 0 aliphatic rings. The fraction of sp³-hybridized carbons (Fsp3) is 0.118. The minimum absolute atomic E-state index is 0.0140. The Kier molecular flexibility index (Phi) is 4.90. The van der Waals surface area contributed by atoms with Crippen LogP contribution >= 0.6 is 11.9 Å². The van der Waals surface area contributed by atoms with Crippen molar-refractivity contribution in [3.05, 3.63) is 76.5 Å². The van der Waals surface area contributed by atoms with Gasteiger partial charge in [0.25, 0.3) is 0 Å². The highest BCUT2D eigenvalue weighted by molar-refractivity contribution is 7.96. The Balaban J connectivity index is 1.90.